The van der Waals surface area contributed by atoms with Gasteiger partial charge in [-0.3, -0.25) is 14.4 Å². The lowest BCUT2D eigenvalue weighted by Crippen LogP contribution is -2.33. The molecular weight excluding hydrogens is 418 g/mol. The summed E-state index contributed by atoms with van der Waals surface area (Å²) in [5, 5.41) is 2.65. The van der Waals surface area contributed by atoms with Gasteiger partial charge in [0.1, 0.15) is 0 Å². The molecular formula is C22H25N3O5S. The van der Waals surface area contributed by atoms with Gasteiger partial charge in [-0.1, -0.05) is 12.1 Å². The summed E-state index contributed by atoms with van der Waals surface area (Å²) in [6.45, 7) is 4.76. The maximum Gasteiger partial charge on any atom is 0.240 e. The molecule has 1 heterocycles. The van der Waals surface area contributed by atoms with E-state index in [9.17, 15) is 22.8 Å². The van der Waals surface area contributed by atoms with Crippen molar-refractivity contribution in [2.45, 2.75) is 44.6 Å². The van der Waals surface area contributed by atoms with Gasteiger partial charge < -0.3 is 10.2 Å². The number of hydrogen-bond acceptors (Lipinski definition) is 5. The van der Waals surface area contributed by atoms with Gasteiger partial charge in [0.2, 0.25) is 21.8 Å². The van der Waals surface area contributed by atoms with Crippen molar-refractivity contribution >= 4 is 39.0 Å². The van der Waals surface area contributed by atoms with Crippen molar-refractivity contribution in [3.8, 4) is 0 Å². The number of hydrogen-bond donors (Lipinski definition) is 2. The first-order chi connectivity index (χ1) is 14.6. The van der Waals surface area contributed by atoms with Crippen molar-refractivity contribution in [1.29, 1.82) is 0 Å². The maximum atomic E-state index is 12.6. The number of carbonyl (C=O) groups excluding carboxylic acids is 3. The van der Waals surface area contributed by atoms with E-state index in [2.05, 4.69) is 10.0 Å². The van der Waals surface area contributed by atoms with Crippen LogP contribution in [0.2, 0.25) is 0 Å². The second-order valence-corrected chi connectivity index (χ2v) is 9.33. The van der Waals surface area contributed by atoms with E-state index < -0.39 is 10.0 Å². The Balaban J connectivity index is 1.60. The van der Waals surface area contributed by atoms with Gasteiger partial charge in [-0.05, 0) is 56.2 Å². The molecule has 0 aliphatic carbocycles. The first-order valence-electron chi connectivity index (χ1n) is 9.92. The molecule has 1 atom stereocenters. The number of benzene rings is 2. The average molecular weight is 444 g/mol. The number of amides is 2. The summed E-state index contributed by atoms with van der Waals surface area (Å²) >= 11 is 0. The van der Waals surface area contributed by atoms with Gasteiger partial charge >= 0.3 is 0 Å². The molecule has 1 aliphatic heterocycles. The lowest BCUT2D eigenvalue weighted by molar-refractivity contribution is -0.117. The van der Waals surface area contributed by atoms with Crippen LogP contribution < -0.4 is 14.9 Å². The predicted molar refractivity (Wildman–Crippen MR) is 118 cm³/mol. The van der Waals surface area contributed by atoms with E-state index in [1.807, 2.05) is 6.92 Å². The number of carbonyl (C=O) groups is 3. The van der Waals surface area contributed by atoms with Gasteiger partial charge in [0.15, 0.2) is 5.78 Å². The molecule has 0 unspecified atom stereocenters. The number of nitrogens with one attached hydrogen (secondary N) is 2. The molecule has 0 spiro atoms. The number of rotatable bonds is 7. The van der Waals surface area contributed by atoms with Crippen LogP contribution >= 0.6 is 0 Å². The summed E-state index contributed by atoms with van der Waals surface area (Å²) in [6.07, 6.45) is 0.517. The van der Waals surface area contributed by atoms with Crippen LogP contribution in [0, 0.1) is 0 Å². The Labute approximate surface area is 181 Å². The molecule has 9 heteroatoms. The van der Waals surface area contributed by atoms with Crippen LogP contribution in [-0.4, -0.2) is 38.6 Å². The van der Waals surface area contributed by atoms with E-state index in [0.717, 1.165) is 11.3 Å². The molecule has 8 nitrogen and oxygen atoms in total. The van der Waals surface area contributed by atoms with Crippen molar-refractivity contribution in [2.24, 2.45) is 0 Å². The van der Waals surface area contributed by atoms with Crippen LogP contribution in [0.5, 0.6) is 0 Å². The molecule has 3 rings (SSSR count). The number of Topliss-reactive ketones (excluding diaryl/α,β-unsaturated/α-hetero) is 1. The predicted octanol–water partition coefficient (Wildman–Crippen LogP) is 2.49. The highest BCUT2D eigenvalue weighted by molar-refractivity contribution is 7.89. The molecule has 2 N–H and O–H groups in total. The Bertz CT molecular complexity index is 1140. The SMILES string of the molecule is CC(=O)c1cccc(NC(=O)CCNS(=O)(=O)c2ccc3c(c2)C[C@@H](C)N3C(C)=O)c1. The topological polar surface area (TPSA) is 113 Å². The summed E-state index contributed by atoms with van der Waals surface area (Å²) in [5.74, 6) is -0.567. The number of sulfonamides is 1. The smallest absolute Gasteiger partial charge is 0.240 e. The fourth-order valence-electron chi connectivity index (χ4n) is 3.68. The first kappa shape index (κ1) is 22.6. The van der Waals surface area contributed by atoms with Crippen molar-refractivity contribution < 1.29 is 22.8 Å². The Morgan fingerprint density at radius 1 is 1.10 bits per heavy atom. The number of nitrogens with zero attached hydrogens (tertiary/aromatic N) is 1. The minimum absolute atomic E-state index is 0.0244. The number of anilines is 2. The maximum absolute atomic E-state index is 12.6. The van der Waals surface area contributed by atoms with Crippen LogP contribution in [-0.2, 0) is 26.0 Å². The lowest BCUT2D eigenvalue weighted by Gasteiger charge is -2.20. The Morgan fingerprint density at radius 3 is 2.52 bits per heavy atom. The van der Waals surface area contributed by atoms with Gasteiger partial charge in [0.25, 0.3) is 0 Å². The monoisotopic (exact) mass is 443 g/mol. The minimum Gasteiger partial charge on any atom is -0.326 e. The Morgan fingerprint density at radius 2 is 1.84 bits per heavy atom. The van der Waals surface area contributed by atoms with E-state index in [1.165, 1.54) is 19.9 Å². The van der Waals surface area contributed by atoms with E-state index in [0.29, 0.717) is 17.7 Å². The Kier molecular flexibility index (Phi) is 6.56. The van der Waals surface area contributed by atoms with E-state index in [4.69, 9.17) is 0 Å². The Hall–Kier alpha value is -3.04. The number of fused-ring (bicyclic) bond motifs is 1. The largest absolute Gasteiger partial charge is 0.326 e. The average Bonchev–Trinajstić information content (AvgIpc) is 3.03. The van der Waals surface area contributed by atoms with Crippen LogP contribution in [0.25, 0.3) is 0 Å². The third kappa shape index (κ3) is 5.18. The van der Waals surface area contributed by atoms with Gasteiger partial charge in [-0.2, -0.15) is 0 Å². The van der Waals surface area contributed by atoms with Crippen LogP contribution in [0.4, 0.5) is 11.4 Å². The second kappa shape index (κ2) is 8.99. The molecule has 2 aromatic carbocycles. The molecule has 0 bridgehead atoms. The normalized spacial score (nSPS) is 15.5. The summed E-state index contributed by atoms with van der Waals surface area (Å²) in [7, 11) is -3.80. The third-order valence-electron chi connectivity index (χ3n) is 5.11. The van der Waals surface area contributed by atoms with Crippen LogP contribution in [0.1, 0.15) is 43.1 Å². The molecule has 2 amide bonds. The zero-order chi connectivity index (χ0) is 22.8. The first-order valence-corrected chi connectivity index (χ1v) is 11.4. The molecule has 0 radical (unpaired) electrons. The van der Waals surface area contributed by atoms with Crippen molar-refractivity contribution in [3.05, 3.63) is 53.6 Å². The van der Waals surface area contributed by atoms with Crippen LogP contribution in [0.3, 0.4) is 0 Å². The van der Waals surface area contributed by atoms with Gasteiger partial charge in [0.05, 0.1) is 4.90 Å². The molecule has 0 fully saturated rings. The highest BCUT2D eigenvalue weighted by atomic mass is 32.2. The minimum atomic E-state index is -3.80. The molecule has 1 aliphatic rings. The van der Waals surface area contributed by atoms with E-state index in [1.54, 1.807) is 41.3 Å². The highest BCUT2D eigenvalue weighted by Crippen LogP contribution is 2.33. The van der Waals surface area contributed by atoms with E-state index in [-0.39, 0.29) is 41.5 Å². The fraction of sp³-hybridized carbons (Fsp3) is 0.318. The van der Waals surface area contributed by atoms with Gasteiger partial charge in [-0.25, -0.2) is 13.1 Å². The molecule has 31 heavy (non-hydrogen) atoms. The summed E-state index contributed by atoms with van der Waals surface area (Å²) in [6, 6.07) is 11.2. The molecule has 2 aromatic rings. The highest BCUT2D eigenvalue weighted by Gasteiger charge is 2.30. The molecule has 164 valence electrons. The van der Waals surface area contributed by atoms with Gasteiger partial charge in [0, 0.05) is 42.9 Å². The standard InChI is InChI=1S/C22H25N3O5S/c1-14-11-18-13-20(7-8-21(18)25(14)16(3)27)31(29,30)23-10-9-22(28)24-19-6-4-5-17(12-19)15(2)26/h4-8,12-14,23H,9-11H2,1-3H3,(H,24,28)/t14-/m1/s1. The number of ketones is 1. The van der Waals surface area contributed by atoms with Crippen molar-refractivity contribution in [2.75, 3.05) is 16.8 Å². The molecule has 0 saturated carbocycles. The van der Waals surface area contributed by atoms with Crippen molar-refractivity contribution in [1.82, 2.24) is 4.72 Å². The summed E-state index contributed by atoms with van der Waals surface area (Å²) < 4.78 is 27.7. The zero-order valence-electron chi connectivity index (χ0n) is 17.6. The summed E-state index contributed by atoms with van der Waals surface area (Å²) in [4.78, 5) is 37.2. The van der Waals surface area contributed by atoms with Crippen molar-refractivity contribution in [3.63, 3.8) is 0 Å². The second-order valence-electron chi connectivity index (χ2n) is 7.57. The lowest BCUT2D eigenvalue weighted by atomic mass is 10.1. The molecule has 0 saturated heterocycles. The molecule has 0 aromatic heterocycles. The summed E-state index contributed by atoms with van der Waals surface area (Å²) in [5.41, 5.74) is 2.48. The van der Waals surface area contributed by atoms with Crippen LogP contribution in [0.15, 0.2) is 47.4 Å². The fourth-order valence-corrected chi connectivity index (χ4v) is 4.76. The quantitative estimate of drug-likeness (QED) is 0.639. The van der Waals surface area contributed by atoms with Gasteiger partial charge in [-0.15, -0.1) is 0 Å². The zero-order valence-corrected chi connectivity index (χ0v) is 18.5. The third-order valence-corrected chi connectivity index (χ3v) is 6.57. The van der Waals surface area contributed by atoms with E-state index >= 15 is 0 Å².